The first-order valence-corrected chi connectivity index (χ1v) is 39.9. The Morgan fingerprint density at radius 1 is 0.318 bits per heavy atom. The molecule has 2 atom stereocenters. The summed E-state index contributed by atoms with van der Waals surface area (Å²) in [6.45, 7) is 4.91. The van der Waals surface area contributed by atoms with E-state index in [0.29, 0.717) is 19.4 Å². The van der Waals surface area contributed by atoms with Crippen LogP contribution in [0.3, 0.4) is 0 Å². The molecule has 0 saturated heterocycles. The molecule has 0 rings (SSSR count). The summed E-state index contributed by atoms with van der Waals surface area (Å²) in [7, 11) is 0. The van der Waals surface area contributed by atoms with E-state index in [4.69, 9.17) is 4.74 Å². The average Bonchev–Trinajstić information content (AvgIpc) is 3.59. The van der Waals surface area contributed by atoms with Gasteiger partial charge in [0.1, 0.15) is 0 Å². The number of hydrogen-bond acceptors (Lipinski definition) is 5. The summed E-state index contributed by atoms with van der Waals surface area (Å²) in [4.78, 5) is 24.6. The molecule has 3 N–H and O–H groups in total. The summed E-state index contributed by atoms with van der Waals surface area (Å²) < 4.78 is 5.52. The molecule has 0 aromatic heterocycles. The summed E-state index contributed by atoms with van der Waals surface area (Å²) in [5.41, 5.74) is 0. The van der Waals surface area contributed by atoms with Crippen molar-refractivity contribution in [2.75, 3.05) is 13.2 Å². The quantitative estimate of drug-likeness (QED) is 0.0320. The van der Waals surface area contributed by atoms with Crippen molar-refractivity contribution in [1.29, 1.82) is 0 Å². The highest BCUT2D eigenvalue weighted by Gasteiger charge is 2.18. The van der Waals surface area contributed by atoms with Crippen LogP contribution in [0.2, 0.25) is 0 Å². The average molecular weight is 1240 g/mol. The molecule has 0 fully saturated rings. The number of carbonyl (C=O) groups excluding carboxylic acids is 2. The molecule has 0 aliphatic carbocycles. The smallest absolute Gasteiger partial charge is 0.305 e. The largest absolute Gasteiger partial charge is 0.466 e. The van der Waals surface area contributed by atoms with Crippen molar-refractivity contribution in [2.24, 2.45) is 0 Å². The number of rotatable bonds is 75. The minimum atomic E-state index is -0.842. The van der Waals surface area contributed by atoms with Gasteiger partial charge in [-0.3, -0.25) is 9.59 Å². The van der Waals surface area contributed by atoms with E-state index in [2.05, 4.69) is 55.6 Å². The van der Waals surface area contributed by atoms with E-state index in [9.17, 15) is 19.8 Å². The Balaban J connectivity index is 3.33. The van der Waals surface area contributed by atoms with E-state index in [1.165, 1.54) is 360 Å². The minimum absolute atomic E-state index is 0.0179. The third-order valence-corrected chi connectivity index (χ3v) is 18.6. The van der Waals surface area contributed by atoms with Crippen LogP contribution in [0.4, 0.5) is 0 Å². The van der Waals surface area contributed by atoms with Crippen LogP contribution in [0, 0.1) is 0 Å². The molecule has 0 aromatic carbocycles. The van der Waals surface area contributed by atoms with Crippen molar-refractivity contribution in [3.05, 3.63) is 48.6 Å². The highest BCUT2D eigenvalue weighted by atomic mass is 16.5. The molecule has 1 amide bonds. The Labute approximate surface area is 550 Å². The van der Waals surface area contributed by atoms with Gasteiger partial charge in [-0.1, -0.05) is 383 Å². The lowest BCUT2D eigenvalue weighted by molar-refractivity contribution is -0.143. The van der Waals surface area contributed by atoms with Crippen LogP contribution in [0.1, 0.15) is 438 Å². The number of hydrogen-bond donors (Lipinski definition) is 3. The Kier molecular flexibility index (Phi) is 75.4. The molecule has 6 nitrogen and oxygen atoms in total. The number of aliphatic hydroxyl groups excluding tert-OH is 2. The van der Waals surface area contributed by atoms with E-state index in [1.54, 1.807) is 6.08 Å². The van der Waals surface area contributed by atoms with Crippen molar-refractivity contribution >= 4 is 11.9 Å². The summed E-state index contributed by atoms with van der Waals surface area (Å²) >= 11 is 0. The van der Waals surface area contributed by atoms with Crippen LogP contribution in [-0.2, 0) is 14.3 Å². The summed E-state index contributed by atoms with van der Waals surface area (Å²) in [5.74, 6) is -0.0436. The number of nitrogens with one attached hydrogen (secondary N) is 1. The number of aliphatic hydroxyl groups is 2. The molecule has 0 bridgehead atoms. The van der Waals surface area contributed by atoms with Gasteiger partial charge in [0.25, 0.3) is 0 Å². The molecular weight excluding hydrogens is 1080 g/mol. The predicted octanol–water partition coefficient (Wildman–Crippen LogP) is 26.4. The van der Waals surface area contributed by atoms with Gasteiger partial charge in [0.2, 0.25) is 5.91 Å². The van der Waals surface area contributed by atoms with Gasteiger partial charge in [0.15, 0.2) is 0 Å². The zero-order chi connectivity index (χ0) is 63.5. The highest BCUT2D eigenvalue weighted by molar-refractivity contribution is 5.76. The van der Waals surface area contributed by atoms with Gasteiger partial charge >= 0.3 is 5.97 Å². The van der Waals surface area contributed by atoms with Gasteiger partial charge in [-0.2, -0.15) is 0 Å². The molecule has 518 valence electrons. The van der Waals surface area contributed by atoms with Crippen molar-refractivity contribution < 1.29 is 24.5 Å². The molecular formula is C82H155NO5. The number of esters is 1. The van der Waals surface area contributed by atoms with Gasteiger partial charge < -0.3 is 20.3 Å². The maximum Gasteiger partial charge on any atom is 0.305 e. The fourth-order valence-electron chi connectivity index (χ4n) is 12.5. The van der Waals surface area contributed by atoms with Crippen LogP contribution < -0.4 is 5.32 Å². The van der Waals surface area contributed by atoms with Gasteiger partial charge in [-0.05, 0) is 89.9 Å². The van der Waals surface area contributed by atoms with Crippen LogP contribution in [-0.4, -0.2) is 47.4 Å². The maximum absolute atomic E-state index is 12.5. The van der Waals surface area contributed by atoms with Crippen molar-refractivity contribution in [3.63, 3.8) is 0 Å². The Morgan fingerprint density at radius 3 is 0.898 bits per heavy atom. The van der Waals surface area contributed by atoms with Crippen molar-refractivity contribution in [1.82, 2.24) is 5.32 Å². The topological polar surface area (TPSA) is 95.9 Å². The Morgan fingerprint density at radius 2 is 0.568 bits per heavy atom. The zero-order valence-corrected chi connectivity index (χ0v) is 59.5. The first-order chi connectivity index (χ1) is 43.5. The fraction of sp³-hybridized carbons (Fsp3) is 0.878. The second-order valence-electron chi connectivity index (χ2n) is 27.4. The molecule has 0 aliphatic heterocycles. The molecule has 0 aromatic rings. The van der Waals surface area contributed by atoms with Crippen LogP contribution >= 0.6 is 0 Å². The number of allylic oxidation sites excluding steroid dienone is 7. The van der Waals surface area contributed by atoms with Crippen LogP contribution in [0.15, 0.2) is 48.6 Å². The monoisotopic (exact) mass is 1230 g/mol. The third-order valence-electron chi connectivity index (χ3n) is 18.6. The molecule has 0 saturated carbocycles. The van der Waals surface area contributed by atoms with Crippen LogP contribution in [0.5, 0.6) is 0 Å². The third kappa shape index (κ3) is 72.9. The molecule has 0 heterocycles. The fourth-order valence-corrected chi connectivity index (χ4v) is 12.5. The van der Waals surface area contributed by atoms with Gasteiger partial charge in [0, 0.05) is 12.8 Å². The van der Waals surface area contributed by atoms with Gasteiger partial charge in [0.05, 0.1) is 25.4 Å². The van der Waals surface area contributed by atoms with E-state index in [0.717, 1.165) is 51.4 Å². The molecule has 2 unspecified atom stereocenters. The molecule has 0 spiro atoms. The lowest BCUT2D eigenvalue weighted by Crippen LogP contribution is -2.45. The number of unbranched alkanes of at least 4 members (excludes halogenated alkanes) is 58. The molecule has 6 heteroatoms. The SMILES string of the molecule is CCCCC/C=C\C/C=C\CCCCCCCCCCCC(=O)OCCCCCCCCCCCCCCCCCC/C=C\CCCCCCCCCCCCCCCCCCCC(=O)NC(CO)C(O)/C=C/CCCCCCCCCCCCCCC. The van der Waals surface area contributed by atoms with Crippen LogP contribution in [0.25, 0.3) is 0 Å². The van der Waals surface area contributed by atoms with Crippen molar-refractivity contribution in [2.45, 2.75) is 450 Å². The minimum Gasteiger partial charge on any atom is -0.466 e. The second kappa shape index (κ2) is 77.3. The number of carbonyl (C=O) groups is 2. The first-order valence-electron chi connectivity index (χ1n) is 39.9. The summed E-state index contributed by atoms with van der Waals surface area (Å²) in [6.07, 6.45) is 102. The molecule has 88 heavy (non-hydrogen) atoms. The number of amides is 1. The number of ether oxygens (including phenoxy) is 1. The van der Waals surface area contributed by atoms with Crippen molar-refractivity contribution in [3.8, 4) is 0 Å². The highest BCUT2D eigenvalue weighted by Crippen LogP contribution is 2.19. The first kappa shape index (κ1) is 85.8. The van der Waals surface area contributed by atoms with Gasteiger partial charge in [-0.25, -0.2) is 0 Å². The molecule has 0 aliphatic rings. The predicted molar refractivity (Wildman–Crippen MR) is 389 cm³/mol. The maximum atomic E-state index is 12.5. The van der Waals surface area contributed by atoms with E-state index in [1.807, 2.05) is 6.08 Å². The van der Waals surface area contributed by atoms with E-state index >= 15 is 0 Å². The lowest BCUT2D eigenvalue weighted by atomic mass is 10.0. The standard InChI is InChI=1S/C82H155NO5/c1-3-5-7-9-11-13-15-17-19-20-40-44-48-52-56-60-64-68-72-76-82(87)88-77-73-69-65-61-57-53-49-45-42-39-37-35-33-31-29-27-25-23-21-22-24-26-28-30-32-34-36-38-41-43-47-51-55-59-63-67-71-75-81(86)83-79(78-84)80(85)74-70-66-62-58-54-50-46-18-16-14-12-10-8-6-4-2/h11,13,17,19,21,23,70,74,79-80,84-85H,3-10,12,14-16,18,20,22,24-69,71-73,75-78H2,1-2H3,(H,83,86)/b13-11-,19-17-,23-21-,74-70+. The van der Waals surface area contributed by atoms with E-state index in [-0.39, 0.29) is 18.5 Å². The second-order valence-corrected chi connectivity index (χ2v) is 27.4. The zero-order valence-electron chi connectivity index (χ0n) is 59.5. The normalized spacial score (nSPS) is 12.7. The molecule has 0 radical (unpaired) electrons. The van der Waals surface area contributed by atoms with Gasteiger partial charge in [-0.15, -0.1) is 0 Å². The summed E-state index contributed by atoms with van der Waals surface area (Å²) in [5, 5.41) is 23.2. The Bertz CT molecular complexity index is 1470. The lowest BCUT2D eigenvalue weighted by Gasteiger charge is -2.20. The van der Waals surface area contributed by atoms with E-state index < -0.39 is 12.1 Å². The summed E-state index contributed by atoms with van der Waals surface area (Å²) in [6, 6.07) is -0.625. The Hall–Kier alpha value is -2.18.